The predicted molar refractivity (Wildman–Crippen MR) is 97.5 cm³/mol. The first-order valence-corrected chi connectivity index (χ1v) is 8.12. The van der Waals surface area contributed by atoms with E-state index in [0.29, 0.717) is 22.6 Å². The lowest BCUT2D eigenvalue weighted by Gasteiger charge is -2.14. The van der Waals surface area contributed by atoms with Crippen molar-refractivity contribution >= 4 is 29.5 Å². The molecule has 1 N–H and O–H groups in total. The van der Waals surface area contributed by atoms with E-state index in [2.05, 4.69) is 0 Å². The molecule has 7 nitrogen and oxygen atoms in total. The Hall–Kier alpha value is -3.61. The first-order chi connectivity index (χ1) is 12.9. The standard InChI is InChI=1S/C20H17NO6/c1-12(22)27-16-6-4-15(5-7-16)21-19(24)11-14(20(21)25)9-13-3-8-17(23)18(10-13)26-2/h3-10,23H,11H2,1-2H3. The van der Waals surface area contributed by atoms with Gasteiger partial charge in [-0.25, -0.2) is 4.90 Å². The average Bonchev–Trinajstić information content (AvgIpc) is 2.90. The predicted octanol–water partition coefficient (Wildman–Crippen LogP) is 2.67. The molecule has 3 rings (SSSR count). The molecular formula is C20H17NO6. The molecule has 2 aromatic rings. The number of carbonyl (C=O) groups excluding carboxylic acids is 3. The first-order valence-electron chi connectivity index (χ1n) is 8.12. The topological polar surface area (TPSA) is 93.1 Å². The number of rotatable bonds is 4. The number of nitrogens with zero attached hydrogens (tertiary/aromatic N) is 1. The van der Waals surface area contributed by atoms with Gasteiger partial charge in [-0.3, -0.25) is 14.4 Å². The van der Waals surface area contributed by atoms with Crippen molar-refractivity contribution in [2.45, 2.75) is 13.3 Å². The Morgan fingerprint density at radius 2 is 1.85 bits per heavy atom. The van der Waals surface area contributed by atoms with E-state index in [0.717, 1.165) is 4.90 Å². The normalized spacial score (nSPS) is 15.3. The maximum atomic E-state index is 12.7. The van der Waals surface area contributed by atoms with E-state index in [1.165, 1.54) is 32.2 Å². The van der Waals surface area contributed by atoms with Gasteiger partial charge in [0, 0.05) is 12.5 Å². The van der Waals surface area contributed by atoms with Gasteiger partial charge in [-0.15, -0.1) is 0 Å². The van der Waals surface area contributed by atoms with Crippen LogP contribution in [0.2, 0.25) is 0 Å². The van der Waals surface area contributed by atoms with E-state index in [1.54, 1.807) is 30.3 Å². The van der Waals surface area contributed by atoms with Crippen molar-refractivity contribution in [3.63, 3.8) is 0 Å². The summed E-state index contributed by atoms with van der Waals surface area (Å²) in [6.07, 6.45) is 1.56. The van der Waals surface area contributed by atoms with Crippen molar-refractivity contribution in [3.05, 3.63) is 53.6 Å². The van der Waals surface area contributed by atoms with Crippen molar-refractivity contribution in [2.24, 2.45) is 0 Å². The van der Waals surface area contributed by atoms with E-state index in [4.69, 9.17) is 9.47 Å². The summed E-state index contributed by atoms with van der Waals surface area (Å²) in [7, 11) is 1.43. The average molecular weight is 367 g/mol. The number of carbonyl (C=O) groups is 3. The highest BCUT2D eigenvalue weighted by Crippen LogP contribution is 2.31. The van der Waals surface area contributed by atoms with Crippen molar-refractivity contribution in [3.8, 4) is 17.2 Å². The molecule has 0 radical (unpaired) electrons. The van der Waals surface area contributed by atoms with Crippen LogP contribution in [-0.4, -0.2) is 30.0 Å². The Labute approximate surface area is 155 Å². The second-order valence-corrected chi connectivity index (χ2v) is 5.90. The summed E-state index contributed by atoms with van der Waals surface area (Å²) in [6, 6.07) is 10.8. The molecule has 1 aliphatic heterocycles. The van der Waals surface area contributed by atoms with Crippen LogP contribution in [0.3, 0.4) is 0 Å². The van der Waals surface area contributed by atoms with Crippen LogP contribution in [0.4, 0.5) is 5.69 Å². The number of benzene rings is 2. The second kappa shape index (κ2) is 7.33. The van der Waals surface area contributed by atoms with Gasteiger partial charge in [-0.2, -0.15) is 0 Å². The summed E-state index contributed by atoms with van der Waals surface area (Å²) in [5.74, 6) is -0.630. The van der Waals surface area contributed by atoms with E-state index < -0.39 is 11.9 Å². The highest BCUT2D eigenvalue weighted by molar-refractivity contribution is 6.29. The second-order valence-electron chi connectivity index (χ2n) is 5.90. The zero-order valence-corrected chi connectivity index (χ0v) is 14.8. The lowest BCUT2D eigenvalue weighted by atomic mass is 10.1. The van der Waals surface area contributed by atoms with Crippen molar-refractivity contribution in [1.82, 2.24) is 0 Å². The van der Waals surface area contributed by atoms with E-state index in [9.17, 15) is 19.5 Å². The number of amides is 2. The van der Waals surface area contributed by atoms with Crippen LogP contribution >= 0.6 is 0 Å². The molecule has 1 aliphatic rings. The zero-order chi connectivity index (χ0) is 19.6. The van der Waals surface area contributed by atoms with Gasteiger partial charge >= 0.3 is 5.97 Å². The molecule has 0 unspecified atom stereocenters. The summed E-state index contributed by atoms with van der Waals surface area (Å²) < 4.78 is 10.00. The van der Waals surface area contributed by atoms with Gasteiger partial charge in [0.05, 0.1) is 19.2 Å². The van der Waals surface area contributed by atoms with Gasteiger partial charge in [0.1, 0.15) is 5.75 Å². The summed E-state index contributed by atoms with van der Waals surface area (Å²) in [5.41, 5.74) is 1.36. The molecule has 0 aliphatic carbocycles. The molecule has 138 valence electrons. The van der Waals surface area contributed by atoms with Crippen LogP contribution in [0.1, 0.15) is 18.9 Å². The van der Waals surface area contributed by atoms with E-state index in [1.807, 2.05) is 0 Å². The van der Waals surface area contributed by atoms with Gasteiger partial charge in [0.2, 0.25) is 5.91 Å². The summed E-state index contributed by atoms with van der Waals surface area (Å²) in [5, 5.41) is 9.65. The van der Waals surface area contributed by atoms with Crippen LogP contribution in [0.25, 0.3) is 6.08 Å². The number of phenols is 1. The van der Waals surface area contributed by atoms with E-state index >= 15 is 0 Å². The number of hydrogen-bond donors (Lipinski definition) is 1. The monoisotopic (exact) mass is 367 g/mol. The maximum Gasteiger partial charge on any atom is 0.308 e. The number of imide groups is 1. The Morgan fingerprint density at radius 3 is 2.48 bits per heavy atom. The van der Waals surface area contributed by atoms with Gasteiger partial charge in [0.25, 0.3) is 5.91 Å². The number of methoxy groups -OCH3 is 1. The molecule has 7 heteroatoms. The van der Waals surface area contributed by atoms with Crippen molar-refractivity contribution in [1.29, 1.82) is 0 Å². The van der Waals surface area contributed by atoms with Gasteiger partial charge in [0.15, 0.2) is 11.5 Å². The number of aromatic hydroxyl groups is 1. The minimum Gasteiger partial charge on any atom is -0.504 e. The highest BCUT2D eigenvalue weighted by Gasteiger charge is 2.35. The molecule has 2 aromatic carbocycles. The molecule has 1 saturated heterocycles. The van der Waals surface area contributed by atoms with Crippen LogP contribution < -0.4 is 14.4 Å². The molecule has 0 atom stereocenters. The number of phenolic OH excluding ortho intramolecular Hbond substituents is 1. The molecule has 0 spiro atoms. The molecular weight excluding hydrogens is 350 g/mol. The Morgan fingerprint density at radius 1 is 1.15 bits per heavy atom. The Bertz CT molecular complexity index is 945. The fraction of sp³-hybridized carbons (Fsp3) is 0.150. The lowest BCUT2D eigenvalue weighted by molar-refractivity contribution is -0.132. The SMILES string of the molecule is COc1cc(C=C2CC(=O)N(c3ccc(OC(C)=O)cc3)C2=O)ccc1O. The third kappa shape index (κ3) is 3.82. The van der Waals surface area contributed by atoms with Crippen molar-refractivity contribution < 1.29 is 29.0 Å². The molecule has 0 bridgehead atoms. The molecule has 1 heterocycles. The third-order valence-electron chi connectivity index (χ3n) is 3.97. The van der Waals surface area contributed by atoms with Crippen LogP contribution in [0.5, 0.6) is 17.2 Å². The van der Waals surface area contributed by atoms with Crippen molar-refractivity contribution in [2.75, 3.05) is 12.0 Å². The summed E-state index contributed by atoms with van der Waals surface area (Å²) >= 11 is 0. The molecule has 0 aromatic heterocycles. The minimum absolute atomic E-state index is 0.0111. The van der Waals surface area contributed by atoms with Gasteiger partial charge in [-0.05, 0) is 48.0 Å². The number of ether oxygens (including phenoxy) is 2. The first kappa shape index (κ1) is 18.2. The van der Waals surface area contributed by atoms with Gasteiger partial charge < -0.3 is 14.6 Å². The highest BCUT2D eigenvalue weighted by atomic mass is 16.5. The number of hydrogen-bond acceptors (Lipinski definition) is 6. The van der Waals surface area contributed by atoms with Gasteiger partial charge in [-0.1, -0.05) is 6.07 Å². The molecule has 2 amide bonds. The number of esters is 1. The maximum absolute atomic E-state index is 12.7. The Balaban J connectivity index is 1.85. The van der Waals surface area contributed by atoms with E-state index in [-0.39, 0.29) is 23.8 Å². The smallest absolute Gasteiger partial charge is 0.308 e. The largest absolute Gasteiger partial charge is 0.504 e. The van der Waals surface area contributed by atoms with Crippen LogP contribution in [0.15, 0.2) is 48.0 Å². The summed E-state index contributed by atoms with van der Waals surface area (Å²) in [4.78, 5) is 37.1. The van der Waals surface area contributed by atoms with Crippen LogP contribution in [-0.2, 0) is 14.4 Å². The summed E-state index contributed by atoms with van der Waals surface area (Å²) in [6.45, 7) is 1.29. The fourth-order valence-corrected chi connectivity index (χ4v) is 2.76. The zero-order valence-electron chi connectivity index (χ0n) is 14.8. The van der Waals surface area contributed by atoms with Crippen LogP contribution in [0, 0.1) is 0 Å². The Kier molecular flexibility index (Phi) is 4.94. The molecule has 0 saturated carbocycles. The quantitative estimate of drug-likeness (QED) is 0.386. The number of anilines is 1. The third-order valence-corrected chi connectivity index (χ3v) is 3.97. The molecule has 27 heavy (non-hydrogen) atoms. The minimum atomic E-state index is -0.453. The lowest BCUT2D eigenvalue weighted by Crippen LogP contribution is -2.28. The fourth-order valence-electron chi connectivity index (χ4n) is 2.76. The molecule has 1 fully saturated rings.